The monoisotopic (exact) mass is 504 g/mol. The van der Waals surface area contributed by atoms with Gasteiger partial charge < -0.3 is 50.0 Å². The molecular formula is C21H32N2O12. The Morgan fingerprint density at radius 1 is 0.971 bits per heavy atom. The van der Waals surface area contributed by atoms with Crippen LogP contribution in [-0.2, 0) is 30.5 Å². The first-order valence-corrected chi connectivity index (χ1v) is 10.5. The van der Waals surface area contributed by atoms with E-state index in [9.17, 15) is 5.11 Å². The number of aliphatic hydroxyl groups excluding tert-OH is 1. The van der Waals surface area contributed by atoms with E-state index in [2.05, 4.69) is 24.1 Å². The minimum absolute atomic E-state index is 0.275. The number of carbonyl (C=O) groups is 4. The Kier molecular flexibility index (Phi) is 16.2. The van der Waals surface area contributed by atoms with Gasteiger partial charge in [0, 0.05) is 19.6 Å². The highest BCUT2D eigenvalue weighted by Crippen LogP contribution is 2.32. The molecule has 0 spiro atoms. The number of likely N-dealkylation sites (N-methyl/N-ethyl adjacent to an activating group) is 1. The normalized spacial score (nSPS) is 12.0. The topological polar surface area (TPSA) is 212 Å². The van der Waals surface area contributed by atoms with Crippen LogP contribution < -0.4 is 14.8 Å². The molecule has 2 rings (SSSR count). The molecule has 0 aromatic heterocycles. The second kappa shape index (κ2) is 17.9. The molecule has 1 aromatic carbocycles. The van der Waals surface area contributed by atoms with Gasteiger partial charge >= 0.3 is 23.9 Å². The molecule has 1 aliphatic heterocycles. The quantitative estimate of drug-likeness (QED) is 0.166. The number of aliphatic carboxylic acids is 4. The van der Waals surface area contributed by atoms with Gasteiger partial charge in [-0.3, -0.25) is 0 Å². The van der Waals surface area contributed by atoms with Crippen molar-refractivity contribution in [2.45, 2.75) is 26.6 Å². The van der Waals surface area contributed by atoms with Crippen LogP contribution in [0.4, 0.5) is 0 Å². The number of nitrogens with zero attached hydrogens (tertiary/aromatic N) is 1. The minimum Gasteiger partial charge on any atom is -0.473 e. The van der Waals surface area contributed by atoms with Crippen LogP contribution in [0, 0.1) is 0 Å². The van der Waals surface area contributed by atoms with Gasteiger partial charge in [0.05, 0.1) is 19.3 Å². The summed E-state index contributed by atoms with van der Waals surface area (Å²) in [6, 6.07) is 5.74. The number of rotatable bonds is 11. The third-order valence-corrected chi connectivity index (χ3v) is 4.26. The van der Waals surface area contributed by atoms with Crippen molar-refractivity contribution in [1.29, 1.82) is 0 Å². The third-order valence-electron chi connectivity index (χ3n) is 4.26. The summed E-state index contributed by atoms with van der Waals surface area (Å²) in [4.78, 5) is 38.7. The predicted molar refractivity (Wildman–Crippen MR) is 119 cm³/mol. The van der Waals surface area contributed by atoms with E-state index < -0.39 is 30.0 Å². The van der Waals surface area contributed by atoms with Crippen molar-refractivity contribution in [2.24, 2.45) is 0 Å². The van der Waals surface area contributed by atoms with E-state index in [1.165, 1.54) is 0 Å². The van der Waals surface area contributed by atoms with Gasteiger partial charge in [0.25, 0.3) is 0 Å². The summed E-state index contributed by atoms with van der Waals surface area (Å²) >= 11 is 0. The van der Waals surface area contributed by atoms with E-state index in [-0.39, 0.29) is 6.79 Å². The maximum absolute atomic E-state index is 9.92. The van der Waals surface area contributed by atoms with Crippen LogP contribution in [0.5, 0.6) is 11.5 Å². The number of hydrogen-bond donors (Lipinski definition) is 6. The Morgan fingerprint density at radius 3 is 2.03 bits per heavy atom. The lowest BCUT2D eigenvalue weighted by atomic mass is 10.2. The average molecular weight is 504 g/mol. The molecule has 0 aliphatic carbocycles. The fourth-order valence-electron chi connectivity index (χ4n) is 2.45. The highest BCUT2D eigenvalue weighted by atomic mass is 16.7. The molecule has 0 saturated heterocycles. The Morgan fingerprint density at radius 2 is 1.51 bits per heavy atom. The lowest BCUT2D eigenvalue weighted by molar-refractivity contribution is -0.159. The molecule has 35 heavy (non-hydrogen) atoms. The van der Waals surface area contributed by atoms with Crippen molar-refractivity contribution >= 4 is 23.9 Å². The summed E-state index contributed by atoms with van der Waals surface area (Å²) in [5, 5.41) is 42.7. The number of carboxylic acids is 4. The molecule has 198 valence electrons. The summed E-state index contributed by atoms with van der Waals surface area (Å²) in [5.74, 6) is -5.77. The largest absolute Gasteiger partial charge is 0.473 e. The van der Waals surface area contributed by atoms with Crippen LogP contribution in [0.2, 0.25) is 0 Å². The average Bonchev–Trinajstić information content (AvgIpc) is 3.28. The molecule has 1 aromatic rings. The van der Waals surface area contributed by atoms with E-state index in [0.29, 0.717) is 19.8 Å². The summed E-state index contributed by atoms with van der Waals surface area (Å²) < 4.78 is 16.2. The number of carboxylic acid groups (broad SMARTS) is 4. The Bertz CT molecular complexity index is 765. The zero-order valence-electron chi connectivity index (χ0n) is 19.5. The van der Waals surface area contributed by atoms with Gasteiger partial charge in [0.15, 0.2) is 11.5 Å². The summed E-state index contributed by atoms with van der Waals surface area (Å²) in [5.41, 5.74) is 1.01. The number of ether oxygens (including phenoxy) is 3. The number of fused-ring (bicyclic) bond motifs is 1. The molecule has 0 radical (unpaired) electrons. The van der Waals surface area contributed by atoms with Crippen LogP contribution in [0.15, 0.2) is 18.2 Å². The predicted octanol–water partition coefficient (Wildman–Crippen LogP) is -0.465. The summed E-state index contributed by atoms with van der Waals surface area (Å²) in [7, 11) is 0. The van der Waals surface area contributed by atoms with Gasteiger partial charge in [-0.15, -0.1) is 0 Å². The van der Waals surface area contributed by atoms with Crippen molar-refractivity contribution in [2.75, 3.05) is 46.1 Å². The zero-order valence-corrected chi connectivity index (χ0v) is 19.5. The third kappa shape index (κ3) is 15.1. The Hall–Kier alpha value is -3.46. The number of benzene rings is 1. The molecule has 1 unspecified atom stereocenters. The molecule has 0 fully saturated rings. The molecule has 1 heterocycles. The van der Waals surface area contributed by atoms with Gasteiger partial charge in [-0.05, 0) is 30.8 Å². The molecule has 1 atom stereocenters. The number of aliphatic hydroxyl groups is 1. The number of nitrogens with one attached hydrogen (secondary N) is 1. The fourth-order valence-corrected chi connectivity index (χ4v) is 2.45. The highest BCUT2D eigenvalue weighted by Gasteiger charge is 2.13. The zero-order chi connectivity index (χ0) is 26.8. The lowest BCUT2D eigenvalue weighted by Crippen LogP contribution is -2.36. The molecule has 6 N–H and O–H groups in total. The van der Waals surface area contributed by atoms with E-state index in [1.54, 1.807) is 0 Å². The van der Waals surface area contributed by atoms with E-state index in [1.807, 2.05) is 18.2 Å². The van der Waals surface area contributed by atoms with Crippen LogP contribution >= 0.6 is 0 Å². The first-order valence-electron chi connectivity index (χ1n) is 10.5. The molecular weight excluding hydrogens is 472 g/mol. The van der Waals surface area contributed by atoms with Gasteiger partial charge in [0.1, 0.15) is 0 Å². The molecule has 0 bridgehead atoms. The fraction of sp³-hybridized carbons (Fsp3) is 0.524. The van der Waals surface area contributed by atoms with Crippen LogP contribution in [0.3, 0.4) is 0 Å². The van der Waals surface area contributed by atoms with Crippen molar-refractivity contribution in [3.05, 3.63) is 23.8 Å². The smallest absolute Gasteiger partial charge is 0.414 e. The molecule has 0 amide bonds. The van der Waals surface area contributed by atoms with Crippen molar-refractivity contribution in [3.8, 4) is 11.5 Å². The number of hydrogen-bond acceptors (Lipinski definition) is 10. The first-order chi connectivity index (χ1) is 16.5. The lowest BCUT2D eigenvalue weighted by Gasteiger charge is -2.19. The van der Waals surface area contributed by atoms with Crippen molar-refractivity contribution in [3.63, 3.8) is 0 Å². The van der Waals surface area contributed by atoms with E-state index in [4.69, 9.17) is 53.8 Å². The summed E-state index contributed by atoms with van der Waals surface area (Å²) in [6.45, 7) is 9.88. The van der Waals surface area contributed by atoms with Gasteiger partial charge in [-0.25, -0.2) is 19.2 Å². The van der Waals surface area contributed by atoms with E-state index in [0.717, 1.165) is 43.2 Å². The second-order valence-corrected chi connectivity index (χ2v) is 6.81. The SMILES string of the molecule is CCN(CC)CCNCC(O)COCc1ccc2c(c1)OCO2.O=C(O)C(=O)O.O=C(O)C(=O)O. The standard InChI is InChI=1S/C17H28N2O4.2C2H2O4/c1-3-19(4-2)8-7-18-10-15(20)12-21-11-14-5-6-16-17(9-14)23-13-22-16;2*3-1(4)2(5)6/h5-6,9,15,18,20H,3-4,7-8,10-13H2,1-2H3;2*(H,3,4)(H,5,6). The summed E-state index contributed by atoms with van der Waals surface area (Å²) in [6.07, 6.45) is -0.499. The maximum Gasteiger partial charge on any atom is 0.414 e. The van der Waals surface area contributed by atoms with Crippen molar-refractivity contribution in [1.82, 2.24) is 10.2 Å². The van der Waals surface area contributed by atoms with Crippen molar-refractivity contribution < 1.29 is 58.9 Å². The maximum atomic E-state index is 9.92. The first kappa shape index (κ1) is 31.5. The minimum atomic E-state index is -1.82. The van der Waals surface area contributed by atoms with Crippen LogP contribution in [0.1, 0.15) is 19.4 Å². The molecule has 14 heteroatoms. The molecule has 1 aliphatic rings. The molecule has 14 nitrogen and oxygen atoms in total. The Balaban J connectivity index is 0.000000797. The second-order valence-electron chi connectivity index (χ2n) is 6.81. The van der Waals surface area contributed by atoms with Gasteiger partial charge in [-0.1, -0.05) is 19.9 Å². The molecule has 0 saturated carbocycles. The van der Waals surface area contributed by atoms with Gasteiger partial charge in [0.2, 0.25) is 6.79 Å². The van der Waals surface area contributed by atoms with Crippen LogP contribution in [0.25, 0.3) is 0 Å². The highest BCUT2D eigenvalue weighted by molar-refractivity contribution is 6.27. The Labute approximate surface area is 201 Å². The van der Waals surface area contributed by atoms with Crippen LogP contribution in [-0.4, -0.2) is 107 Å². The van der Waals surface area contributed by atoms with E-state index >= 15 is 0 Å². The van der Waals surface area contributed by atoms with Gasteiger partial charge in [-0.2, -0.15) is 0 Å².